The van der Waals surface area contributed by atoms with E-state index in [9.17, 15) is 0 Å². The molecule has 0 fully saturated rings. The molecule has 358 valence electrons. The van der Waals surface area contributed by atoms with Crippen molar-refractivity contribution >= 4 is 78.6 Å². The van der Waals surface area contributed by atoms with E-state index in [-0.39, 0.29) is 0 Å². The van der Waals surface area contributed by atoms with Crippen LogP contribution in [0.2, 0.25) is 0 Å². The molecule has 0 N–H and O–H groups in total. The van der Waals surface area contributed by atoms with Gasteiger partial charge in [-0.15, -0.1) is 0 Å². The lowest BCUT2D eigenvalue weighted by atomic mass is 9.84. The topological polar surface area (TPSA) is 6.48 Å². The molecular formula is C74H52N2. The van der Waals surface area contributed by atoms with Crippen molar-refractivity contribution in [1.82, 2.24) is 0 Å². The second-order valence-corrected chi connectivity index (χ2v) is 19.2. The second-order valence-electron chi connectivity index (χ2n) is 19.2. The number of para-hydroxylation sites is 4. The quantitative estimate of drug-likeness (QED) is 0.0889. The van der Waals surface area contributed by atoms with Crippen LogP contribution in [0.15, 0.2) is 303 Å². The van der Waals surface area contributed by atoms with Crippen molar-refractivity contribution < 1.29 is 0 Å². The molecule has 13 rings (SSSR count). The largest absolute Gasteiger partial charge is 0.311 e. The lowest BCUT2D eigenvalue weighted by molar-refractivity contribution is 1.28. The molecule has 0 bridgehead atoms. The van der Waals surface area contributed by atoms with Crippen molar-refractivity contribution in [3.05, 3.63) is 314 Å². The standard InChI is InChI=1S/C74H52N2/c1-6-21-53(22-7-1)39-40-54-23-18-24-57(51-54)65-35-19-38-68-66(36-20-37-67(65)68)58-45-50-71-72(52-58)74(56-43-48-64(49-44-56)76(61-29-12-4-13-30-61)62-31-14-5-15-32-62)70-34-17-16-33-69(70)73(71)55-41-46-63(47-42-55)75(59-25-8-2-9-26-59)60-27-10-3-11-28-60/h1-52H/b40-39-. The number of hydrogen-bond donors (Lipinski definition) is 0. The van der Waals surface area contributed by atoms with Gasteiger partial charge in [0.05, 0.1) is 0 Å². The lowest BCUT2D eigenvalue weighted by Crippen LogP contribution is -2.09. The van der Waals surface area contributed by atoms with Gasteiger partial charge in [-0.2, -0.15) is 0 Å². The zero-order valence-corrected chi connectivity index (χ0v) is 41.9. The number of anilines is 6. The summed E-state index contributed by atoms with van der Waals surface area (Å²) in [5.74, 6) is 0. The predicted molar refractivity (Wildman–Crippen MR) is 325 cm³/mol. The Bertz CT molecular complexity index is 4090. The highest BCUT2D eigenvalue weighted by molar-refractivity contribution is 6.22. The summed E-state index contributed by atoms with van der Waals surface area (Å²) < 4.78 is 0. The molecule has 0 atom stereocenters. The summed E-state index contributed by atoms with van der Waals surface area (Å²) >= 11 is 0. The number of benzene rings is 13. The predicted octanol–water partition coefficient (Wildman–Crippen LogP) is 20.9. The van der Waals surface area contributed by atoms with Crippen LogP contribution < -0.4 is 9.80 Å². The van der Waals surface area contributed by atoms with Crippen LogP contribution in [0.4, 0.5) is 34.1 Å². The van der Waals surface area contributed by atoms with Crippen LogP contribution >= 0.6 is 0 Å². The van der Waals surface area contributed by atoms with E-state index in [4.69, 9.17) is 0 Å². The molecule has 0 aliphatic rings. The summed E-state index contributed by atoms with van der Waals surface area (Å²) in [6.45, 7) is 0. The smallest absolute Gasteiger partial charge is 0.0462 e. The van der Waals surface area contributed by atoms with Crippen molar-refractivity contribution in [2.24, 2.45) is 0 Å². The molecule has 0 saturated carbocycles. The van der Waals surface area contributed by atoms with Gasteiger partial charge < -0.3 is 9.80 Å². The van der Waals surface area contributed by atoms with Crippen molar-refractivity contribution in [1.29, 1.82) is 0 Å². The van der Waals surface area contributed by atoms with Crippen LogP contribution in [0, 0.1) is 0 Å². The van der Waals surface area contributed by atoms with Crippen LogP contribution in [-0.4, -0.2) is 0 Å². The Morgan fingerprint density at radius 1 is 0.197 bits per heavy atom. The first-order valence-corrected chi connectivity index (χ1v) is 26.1. The van der Waals surface area contributed by atoms with Gasteiger partial charge >= 0.3 is 0 Å². The first-order chi connectivity index (χ1) is 37.7. The average molecular weight is 969 g/mol. The van der Waals surface area contributed by atoms with Gasteiger partial charge in [0.2, 0.25) is 0 Å². The van der Waals surface area contributed by atoms with Gasteiger partial charge in [0, 0.05) is 34.1 Å². The van der Waals surface area contributed by atoms with E-state index in [0.717, 1.165) is 45.3 Å². The van der Waals surface area contributed by atoms with Gasteiger partial charge in [-0.25, -0.2) is 0 Å². The third-order valence-electron chi connectivity index (χ3n) is 14.6. The molecule has 2 heteroatoms. The van der Waals surface area contributed by atoms with E-state index >= 15 is 0 Å². The minimum absolute atomic E-state index is 1.09. The number of hydrogen-bond acceptors (Lipinski definition) is 2. The van der Waals surface area contributed by atoms with Gasteiger partial charge in [0.15, 0.2) is 0 Å². The van der Waals surface area contributed by atoms with Crippen LogP contribution in [0.5, 0.6) is 0 Å². The Hall–Kier alpha value is -10.0. The summed E-state index contributed by atoms with van der Waals surface area (Å²) in [6, 6.07) is 110. The first kappa shape index (κ1) is 45.8. The van der Waals surface area contributed by atoms with Crippen molar-refractivity contribution in [3.63, 3.8) is 0 Å². The van der Waals surface area contributed by atoms with Crippen LogP contribution in [0.1, 0.15) is 11.1 Å². The molecule has 2 nitrogen and oxygen atoms in total. The summed E-state index contributed by atoms with van der Waals surface area (Å²) in [5, 5.41) is 7.26. The summed E-state index contributed by atoms with van der Waals surface area (Å²) in [4.78, 5) is 4.65. The van der Waals surface area contributed by atoms with Crippen molar-refractivity contribution in [3.8, 4) is 44.5 Å². The zero-order chi connectivity index (χ0) is 50.6. The van der Waals surface area contributed by atoms with E-state index in [2.05, 4.69) is 325 Å². The third kappa shape index (κ3) is 8.89. The highest BCUT2D eigenvalue weighted by Gasteiger charge is 2.21. The van der Waals surface area contributed by atoms with Crippen LogP contribution in [-0.2, 0) is 0 Å². The molecule has 76 heavy (non-hydrogen) atoms. The molecule has 0 radical (unpaired) electrons. The van der Waals surface area contributed by atoms with Crippen molar-refractivity contribution in [2.45, 2.75) is 0 Å². The SMILES string of the molecule is C(=C/c1cccc(-c2cccc3c(-c4ccc5c(-c6ccc(N(c7ccccc7)c7ccccc7)cc6)c6ccccc6c(-c6ccc(N(c7ccccc7)c7ccccc7)cc6)c5c4)cccc23)c1)/c1ccccc1. The monoisotopic (exact) mass is 968 g/mol. The van der Waals surface area contributed by atoms with E-state index in [0.29, 0.717) is 0 Å². The normalized spacial score (nSPS) is 11.4. The van der Waals surface area contributed by atoms with Crippen LogP contribution in [0.25, 0.3) is 89.0 Å². The molecule has 13 aromatic rings. The minimum atomic E-state index is 1.09. The molecular weight excluding hydrogens is 917 g/mol. The van der Waals surface area contributed by atoms with Gasteiger partial charge in [-0.1, -0.05) is 231 Å². The average Bonchev–Trinajstić information content (AvgIpc) is 3.60. The fraction of sp³-hybridized carbons (Fsp3) is 0. The molecule has 0 saturated heterocycles. The van der Waals surface area contributed by atoms with Gasteiger partial charge in [0.25, 0.3) is 0 Å². The van der Waals surface area contributed by atoms with Crippen LogP contribution in [0.3, 0.4) is 0 Å². The molecule has 0 aliphatic heterocycles. The van der Waals surface area contributed by atoms with Gasteiger partial charge in [-0.3, -0.25) is 0 Å². The molecule has 0 aromatic heterocycles. The van der Waals surface area contributed by atoms with E-state index < -0.39 is 0 Å². The summed E-state index contributed by atoms with van der Waals surface area (Å²) in [7, 11) is 0. The van der Waals surface area contributed by atoms with E-state index in [1.807, 2.05) is 0 Å². The Morgan fingerprint density at radius 3 is 1.00 bits per heavy atom. The lowest BCUT2D eigenvalue weighted by Gasteiger charge is -2.26. The Balaban J connectivity index is 0.981. The highest BCUT2D eigenvalue weighted by atomic mass is 15.1. The second kappa shape index (κ2) is 20.5. The van der Waals surface area contributed by atoms with Crippen molar-refractivity contribution in [2.75, 3.05) is 9.80 Å². The summed E-state index contributed by atoms with van der Waals surface area (Å²) in [5.41, 5.74) is 18.5. The molecule has 0 amide bonds. The maximum atomic E-state index is 2.45. The fourth-order valence-electron chi connectivity index (χ4n) is 11.1. The molecule has 0 unspecified atom stereocenters. The Morgan fingerprint density at radius 2 is 0.526 bits per heavy atom. The fourth-order valence-corrected chi connectivity index (χ4v) is 11.1. The maximum Gasteiger partial charge on any atom is 0.0462 e. The van der Waals surface area contributed by atoms with E-state index in [1.54, 1.807) is 0 Å². The minimum Gasteiger partial charge on any atom is -0.311 e. The molecule has 0 aliphatic carbocycles. The first-order valence-electron chi connectivity index (χ1n) is 26.1. The third-order valence-corrected chi connectivity index (χ3v) is 14.6. The maximum absolute atomic E-state index is 2.45. The molecule has 0 heterocycles. The highest BCUT2D eigenvalue weighted by Crippen LogP contribution is 2.47. The van der Waals surface area contributed by atoms with E-state index in [1.165, 1.54) is 76.8 Å². The van der Waals surface area contributed by atoms with Gasteiger partial charge in [-0.05, 0) is 173 Å². The Kier molecular flexibility index (Phi) is 12.3. The summed E-state index contributed by atoms with van der Waals surface area (Å²) in [6.07, 6.45) is 4.39. The molecule has 13 aromatic carbocycles. The number of fused-ring (bicyclic) bond motifs is 3. The number of nitrogens with zero attached hydrogens (tertiary/aromatic N) is 2. The zero-order valence-electron chi connectivity index (χ0n) is 41.9. The number of rotatable bonds is 12. The Labute approximate surface area is 445 Å². The molecule has 0 spiro atoms. The van der Waals surface area contributed by atoms with Gasteiger partial charge in [0.1, 0.15) is 0 Å².